The third-order valence-corrected chi connectivity index (χ3v) is 4.45. The first-order valence-corrected chi connectivity index (χ1v) is 6.72. The number of rotatable bonds is 1. The van der Waals surface area contributed by atoms with Crippen molar-refractivity contribution in [3.63, 3.8) is 0 Å². The molecule has 2 saturated heterocycles. The summed E-state index contributed by atoms with van der Waals surface area (Å²) in [5, 5.41) is 4.13. The highest BCUT2D eigenvalue weighted by Crippen LogP contribution is 2.28. The number of aryl methyl sites for hydroxylation is 1. The third-order valence-electron chi connectivity index (χ3n) is 4.06. The monoisotopic (exact) mass is 251 g/mol. The molecule has 3 rings (SSSR count). The van der Waals surface area contributed by atoms with E-state index in [9.17, 15) is 0 Å². The minimum Gasteiger partial charge on any atom is -0.370 e. The number of fused-ring (bicyclic) bond motifs is 1. The van der Waals surface area contributed by atoms with Crippen LogP contribution in [-0.4, -0.2) is 30.7 Å². The Bertz CT molecular complexity index is 407. The van der Waals surface area contributed by atoms with Gasteiger partial charge in [-0.15, -0.1) is 0 Å². The van der Waals surface area contributed by atoms with Crippen molar-refractivity contribution in [3.05, 3.63) is 23.0 Å². The average molecular weight is 252 g/mol. The molecule has 1 aromatic heterocycles. The van der Waals surface area contributed by atoms with Crippen molar-refractivity contribution in [3.8, 4) is 0 Å². The van der Waals surface area contributed by atoms with Gasteiger partial charge in [0.25, 0.3) is 0 Å². The average Bonchev–Trinajstić information content (AvgIpc) is 2.42. The molecule has 0 aliphatic carbocycles. The van der Waals surface area contributed by atoms with Crippen LogP contribution in [0.15, 0.2) is 12.3 Å². The second kappa shape index (κ2) is 4.46. The Hall–Kier alpha value is -0.800. The molecule has 4 heteroatoms. The van der Waals surface area contributed by atoms with E-state index in [1.807, 2.05) is 13.1 Å². The molecule has 3 heterocycles. The van der Waals surface area contributed by atoms with E-state index in [0.29, 0.717) is 5.15 Å². The van der Waals surface area contributed by atoms with Crippen LogP contribution < -0.4 is 10.2 Å². The summed E-state index contributed by atoms with van der Waals surface area (Å²) in [5.74, 6) is 0.890. The molecular weight excluding hydrogens is 234 g/mol. The fraction of sp³-hybridized carbons (Fsp3) is 0.615. The predicted molar refractivity (Wildman–Crippen MR) is 70.7 cm³/mol. The van der Waals surface area contributed by atoms with E-state index in [2.05, 4.69) is 21.3 Å². The van der Waals surface area contributed by atoms with E-state index in [-0.39, 0.29) is 0 Å². The Kier molecular flexibility index (Phi) is 2.97. The number of nitrogens with one attached hydrogen (secondary N) is 1. The van der Waals surface area contributed by atoms with Crippen molar-refractivity contribution in [2.24, 2.45) is 5.92 Å². The lowest BCUT2D eigenvalue weighted by Gasteiger charge is -2.36. The Morgan fingerprint density at radius 1 is 1.41 bits per heavy atom. The summed E-state index contributed by atoms with van der Waals surface area (Å²) < 4.78 is 0. The van der Waals surface area contributed by atoms with Crippen LogP contribution in [0, 0.1) is 12.8 Å². The van der Waals surface area contributed by atoms with Gasteiger partial charge in [-0.3, -0.25) is 0 Å². The minimum atomic E-state index is 0.616. The molecule has 92 valence electrons. The van der Waals surface area contributed by atoms with E-state index < -0.39 is 0 Å². The lowest BCUT2D eigenvalue weighted by atomic mass is 9.88. The molecule has 17 heavy (non-hydrogen) atoms. The molecule has 2 atom stereocenters. The van der Waals surface area contributed by atoms with Gasteiger partial charge < -0.3 is 10.2 Å². The summed E-state index contributed by atoms with van der Waals surface area (Å²) in [7, 11) is 0. The number of aromatic nitrogens is 1. The first-order valence-electron chi connectivity index (χ1n) is 6.34. The summed E-state index contributed by atoms with van der Waals surface area (Å²) in [6.07, 6.45) is 4.43. The van der Waals surface area contributed by atoms with E-state index >= 15 is 0 Å². The highest BCUT2D eigenvalue weighted by Gasteiger charge is 2.32. The van der Waals surface area contributed by atoms with Crippen LogP contribution in [0.4, 0.5) is 5.69 Å². The molecule has 2 aliphatic heterocycles. The minimum absolute atomic E-state index is 0.616. The summed E-state index contributed by atoms with van der Waals surface area (Å²) in [4.78, 5) is 6.69. The summed E-state index contributed by atoms with van der Waals surface area (Å²) in [6.45, 7) is 5.49. The quantitative estimate of drug-likeness (QED) is 0.776. The van der Waals surface area contributed by atoms with Crippen molar-refractivity contribution in [1.29, 1.82) is 0 Å². The highest BCUT2D eigenvalue weighted by molar-refractivity contribution is 6.30. The lowest BCUT2D eigenvalue weighted by molar-refractivity contribution is 0.226. The first-order chi connectivity index (χ1) is 8.24. The van der Waals surface area contributed by atoms with Crippen LogP contribution >= 0.6 is 11.6 Å². The van der Waals surface area contributed by atoms with Crippen molar-refractivity contribution in [2.75, 3.05) is 24.5 Å². The van der Waals surface area contributed by atoms with Crippen molar-refractivity contribution in [2.45, 2.75) is 25.8 Å². The maximum Gasteiger partial charge on any atom is 0.132 e. The Morgan fingerprint density at radius 2 is 2.24 bits per heavy atom. The summed E-state index contributed by atoms with van der Waals surface area (Å²) in [6, 6.07) is 2.90. The van der Waals surface area contributed by atoms with E-state index in [1.54, 1.807) is 0 Å². The van der Waals surface area contributed by atoms with Gasteiger partial charge in [0, 0.05) is 19.1 Å². The zero-order valence-corrected chi connectivity index (χ0v) is 10.9. The van der Waals surface area contributed by atoms with Gasteiger partial charge in [0.1, 0.15) is 5.15 Å². The fourth-order valence-corrected chi connectivity index (χ4v) is 2.90. The lowest BCUT2D eigenvalue weighted by Crippen LogP contribution is -2.52. The molecular formula is C13H18ClN3. The standard InChI is InChI=1S/C13H18ClN3/c1-9-6-11(8-16-13(9)14)17-4-2-10-7-15-12(10)3-5-17/h6,8,10,12,15H,2-5,7H2,1H3/t10-,12-/m0/s1. The number of hydrogen-bond acceptors (Lipinski definition) is 3. The van der Waals surface area contributed by atoms with Crippen molar-refractivity contribution in [1.82, 2.24) is 10.3 Å². The van der Waals surface area contributed by atoms with Gasteiger partial charge >= 0.3 is 0 Å². The first kappa shape index (κ1) is 11.3. The number of halogens is 1. The van der Waals surface area contributed by atoms with Crippen LogP contribution in [0.5, 0.6) is 0 Å². The van der Waals surface area contributed by atoms with Crippen LogP contribution in [0.3, 0.4) is 0 Å². The van der Waals surface area contributed by atoms with Crippen LogP contribution in [0.2, 0.25) is 5.15 Å². The smallest absolute Gasteiger partial charge is 0.132 e. The van der Waals surface area contributed by atoms with Gasteiger partial charge in [0.05, 0.1) is 11.9 Å². The molecule has 0 amide bonds. The van der Waals surface area contributed by atoms with Gasteiger partial charge in [0.2, 0.25) is 0 Å². The topological polar surface area (TPSA) is 28.2 Å². The second-order valence-electron chi connectivity index (χ2n) is 5.14. The molecule has 0 aromatic carbocycles. The maximum absolute atomic E-state index is 5.97. The molecule has 3 nitrogen and oxygen atoms in total. The molecule has 2 fully saturated rings. The number of nitrogens with zero attached hydrogens (tertiary/aromatic N) is 2. The number of hydrogen-bond donors (Lipinski definition) is 1. The molecule has 2 aliphatic rings. The summed E-state index contributed by atoms with van der Waals surface area (Å²) >= 11 is 5.97. The zero-order valence-electron chi connectivity index (χ0n) is 10.1. The maximum atomic E-state index is 5.97. The predicted octanol–water partition coefficient (Wildman–Crippen LogP) is 2.23. The van der Waals surface area contributed by atoms with E-state index in [1.165, 1.54) is 25.1 Å². The van der Waals surface area contributed by atoms with Gasteiger partial charge in [-0.2, -0.15) is 0 Å². The van der Waals surface area contributed by atoms with Gasteiger partial charge in [-0.1, -0.05) is 11.6 Å². The number of pyridine rings is 1. The van der Waals surface area contributed by atoms with Crippen molar-refractivity contribution < 1.29 is 0 Å². The van der Waals surface area contributed by atoms with Crippen LogP contribution in [-0.2, 0) is 0 Å². The molecule has 0 spiro atoms. The van der Waals surface area contributed by atoms with Crippen molar-refractivity contribution >= 4 is 17.3 Å². The van der Waals surface area contributed by atoms with Crippen LogP contribution in [0.25, 0.3) is 0 Å². The Morgan fingerprint density at radius 3 is 2.94 bits per heavy atom. The Labute approximate surface area is 107 Å². The normalized spacial score (nSPS) is 28.2. The molecule has 0 unspecified atom stereocenters. The van der Waals surface area contributed by atoms with Gasteiger partial charge in [0.15, 0.2) is 0 Å². The summed E-state index contributed by atoms with van der Waals surface area (Å²) in [5.41, 5.74) is 2.28. The fourth-order valence-electron chi connectivity index (χ4n) is 2.79. The Balaban J connectivity index is 1.76. The molecule has 0 bridgehead atoms. The molecule has 1 N–H and O–H groups in total. The van der Waals surface area contributed by atoms with Gasteiger partial charge in [-0.25, -0.2) is 4.98 Å². The molecule has 0 radical (unpaired) electrons. The molecule has 1 aromatic rings. The van der Waals surface area contributed by atoms with E-state index in [4.69, 9.17) is 11.6 Å². The van der Waals surface area contributed by atoms with E-state index in [0.717, 1.165) is 30.6 Å². The second-order valence-corrected chi connectivity index (χ2v) is 5.50. The largest absolute Gasteiger partial charge is 0.370 e. The van der Waals surface area contributed by atoms with Gasteiger partial charge in [-0.05, 0) is 43.9 Å². The third kappa shape index (κ3) is 2.14. The number of anilines is 1. The van der Waals surface area contributed by atoms with Crippen LogP contribution in [0.1, 0.15) is 18.4 Å². The SMILES string of the molecule is Cc1cc(N2CC[C@H]3CN[C@H]3CC2)cnc1Cl. The zero-order chi connectivity index (χ0) is 11.8. The molecule has 0 saturated carbocycles. The highest BCUT2D eigenvalue weighted by atomic mass is 35.5.